The molecule has 0 amide bonds. The van der Waals surface area contributed by atoms with Crippen LogP contribution in [0.5, 0.6) is 0 Å². The van der Waals surface area contributed by atoms with E-state index >= 15 is 4.39 Å². The quantitative estimate of drug-likeness (QED) is 0.170. The Morgan fingerprint density at radius 3 is 2.61 bits per heavy atom. The zero-order valence-corrected chi connectivity index (χ0v) is 27.8. The largest absolute Gasteiger partial charge is 0.466 e. The molecule has 0 bridgehead atoms. The molecule has 9 nitrogen and oxygen atoms in total. The average molecular weight is 684 g/mol. The summed E-state index contributed by atoms with van der Waals surface area (Å²) < 4.78 is 62.0. The first-order chi connectivity index (χ1) is 21.8. The van der Waals surface area contributed by atoms with E-state index in [1.54, 1.807) is 6.92 Å². The van der Waals surface area contributed by atoms with Crippen LogP contribution in [-0.4, -0.2) is 82.1 Å². The summed E-state index contributed by atoms with van der Waals surface area (Å²) in [6.07, 6.45) is -0.241. The maximum absolute atomic E-state index is 15.9. The Bertz CT molecular complexity index is 1530. The lowest BCUT2D eigenvalue weighted by Gasteiger charge is -2.25. The number of hydrogen-bond acceptors (Lipinski definition) is 10. The lowest BCUT2D eigenvalue weighted by Crippen LogP contribution is -2.36. The topological polar surface area (TPSA) is 86.7 Å². The van der Waals surface area contributed by atoms with Crippen molar-refractivity contribution in [1.29, 1.82) is 0 Å². The minimum absolute atomic E-state index is 0.0527. The van der Waals surface area contributed by atoms with Gasteiger partial charge < -0.3 is 19.9 Å². The summed E-state index contributed by atoms with van der Waals surface area (Å²) in [5.41, 5.74) is -0.277. The molecule has 0 saturated carbocycles. The zero-order chi connectivity index (χ0) is 33.2. The van der Waals surface area contributed by atoms with Gasteiger partial charge in [-0.15, -0.1) is 0 Å². The standard InChI is InChI=1S/C31H38ClF4N7O2S/c1-5-45-25(44)9-10-41(4)23-8-11-42(15-23)29-26(33)28(37-17-38-29)40-30-39-27(20-12-21(31(34,35)36)14-22(32)13-20)24(46-30)16-43-18(2)6-7-19(43)3/h12-14,17-19,23H,5-11,15-16H2,1-4H3,(H,37,38,39,40)/t18-,19-,23+/m1/s1. The van der Waals surface area contributed by atoms with E-state index in [0.717, 1.165) is 36.3 Å². The van der Waals surface area contributed by atoms with Gasteiger partial charge in [-0.05, 0) is 65.3 Å². The first-order valence-electron chi connectivity index (χ1n) is 15.4. The molecule has 250 valence electrons. The van der Waals surface area contributed by atoms with Crippen LogP contribution in [0.4, 0.5) is 34.3 Å². The molecule has 2 fully saturated rings. The highest BCUT2D eigenvalue weighted by molar-refractivity contribution is 7.16. The molecule has 0 spiro atoms. The minimum atomic E-state index is -4.58. The summed E-state index contributed by atoms with van der Waals surface area (Å²) >= 11 is 7.39. The summed E-state index contributed by atoms with van der Waals surface area (Å²) in [5, 5.41) is 3.21. The molecule has 2 aromatic heterocycles. The molecule has 5 rings (SSSR count). The molecule has 46 heavy (non-hydrogen) atoms. The van der Waals surface area contributed by atoms with E-state index in [9.17, 15) is 18.0 Å². The van der Waals surface area contributed by atoms with Crippen molar-refractivity contribution in [2.24, 2.45) is 0 Å². The Labute approximate surface area is 274 Å². The maximum atomic E-state index is 15.9. The zero-order valence-electron chi connectivity index (χ0n) is 26.2. The van der Waals surface area contributed by atoms with E-state index in [0.29, 0.717) is 55.7 Å². The lowest BCUT2D eigenvalue weighted by molar-refractivity contribution is -0.143. The number of halogens is 5. The molecule has 3 atom stereocenters. The monoisotopic (exact) mass is 683 g/mol. The maximum Gasteiger partial charge on any atom is 0.416 e. The van der Waals surface area contributed by atoms with E-state index in [1.165, 1.54) is 23.7 Å². The molecule has 0 radical (unpaired) electrons. The molecule has 3 aromatic rings. The van der Waals surface area contributed by atoms with Crippen LogP contribution in [0.25, 0.3) is 11.3 Å². The predicted molar refractivity (Wildman–Crippen MR) is 171 cm³/mol. The van der Waals surface area contributed by atoms with Gasteiger partial charge in [-0.1, -0.05) is 22.9 Å². The van der Waals surface area contributed by atoms with E-state index < -0.39 is 17.6 Å². The van der Waals surface area contributed by atoms with Crippen molar-refractivity contribution in [2.45, 2.75) is 77.3 Å². The fraction of sp³-hybridized carbons (Fsp3) is 0.548. The molecule has 1 N–H and O–H groups in total. The molecular weight excluding hydrogens is 646 g/mol. The molecule has 2 aliphatic heterocycles. The smallest absolute Gasteiger partial charge is 0.416 e. The van der Waals surface area contributed by atoms with Crippen molar-refractivity contribution in [2.75, 3.05) is 43.5 Å². The number of anilines is 3. The first-order valence-corrected chi connectivity index (χ1v) is 16.5. The Morgan fingerprint density at radius 2 is 1.91 bits per heavy atom. The molecule has 0 unspecified atom stereocenters. The van der Waals surface area contributed by atoms with Crippen molar-refractivity contribution in [3.63, 3.8) is 0 Å². The van der Waals surface area contributed by atoms with Gasteiger partial charge in [-0.25, -0.2) is 15.0 Å². The minimum Gasteiger partial charge on any atom is -0.466 e. The summed E-state index contributed by atoms with van der Waals surface area (Å²) in [4.78, 5) is 31.7. The van der Waals surface area contributed by atoms with Crippen LogP contribution in [0.3, 0.4) is 0 Å². The fourth-order valence-corrected chi connectivity index (χ4v) is 7.33. The molecular formula is C31H38ClF4N7O2S. The molecule has 0 aliphatic carbocycles. The van der Waals surface area contributed by atoms with Gasteiger partial charge in [-0.2, -0.15) is 17.6 Å². The number of esters is 1. The van der Waals surface area contributed by atoms with Crippen molar-refractivity contribution >= 4 is 45.7 Å². The SMILES string of the molecule is CCOC(=O)CCN(C)[C@H]1CCN(c2ncnc(Nc3nc(-c4cc(Cl)cc(C(F)(F)F)c4)c(CN4[C@H](C)CC[C@H]4C)s3)c2F)C1. The van der Waals surface area contributed by atoms with Gasteiger partial charge in [0.05, 0.1) is 24.3 Å². The van der Waals surface area contributed by atoms with Gasteiger partial charge >= 0.3 is 12.1 Å². The van der Waals surface area contributed by atoms with Crippen molar-refractivity contribution in [3.8, 4) is 11.3 Å². The Morgan fingerprint density at radius 1 is 1.17 bits per heavy atom. The highest BCUT2D eigenvalue weighted by atomic mass is 35.5. The number of aromatic nitrogens is 3. The van der Waals surface area contributed by atoms with Crippen molar-refractivity contribution in [3.05, 3.63) is 45.8 Å². The predicted octanol–water partition coefficient (Wildman–Crippen LogP) is 6.99. The van der Waals surface area contributed by atoms with Gasteiger partial charge in [0.25, 0.3) is 0 Å². The van der Waals surface area contributed by atoms with E-state index in [2.05, 4.69) is 43.9 Å². The lowest BCUT2D eigenvalue weighted by atomic mass is 10.1. The number of carbonyl (C=O) groups is 1. The number of nitrogens with one attached hydrogen (secondary N) is 1. The number of carbonyl (C=O) groups excluding carboxylic acids is 1. The van der Waals surface area contributed by atoms with Crippen LogP contribution in [0.15, 0.2) is 24.5 Å². The van der Waals surface area contributed by atoms with Crippen LogP contribution in [0.2, 0.25) is 5.02 Å². The van der Waals surface area contributed by atoms with E-state index in [1.807, 2.05) is 11.9 Å². The Kier molecular flexibility index (Phi) is 10.7. The van der Waals surface area contributed by atoms with Crippen LogP contribution < -0.4 is 10.2 Å². The highest BCUT2D eigenvalue weighted by Crippen LogP contribution is 2.40. The number of benzene rings is 1. The third kappa shape index (κ3) is 7.89. The highest BCUT2D eigenvalue weighted by Gasteiger charge is 2.34. The van der Waals surface area contributed by atoms with Gasteiger partial charge in [0.2, 0.25) is 5.82 Å². The van der Waals surface area contributed by atoms with Crippen LogP contribution >= 0.6 is 22.9 Å². The van der Waals surface area contributed by atoms with Gasteiger partial charge in [0, 0.05) is 59.8 Å². The first kappa shape index (κ1) is 34.3. The normalized spacial score (nSPS) is 20.6. The number of nitrogens with zero attached hydrogens (tertiary/aromatic N) is 6. The van der Waals surface area contributed by atoms with Crippen molar-refractivity contribution in [1.82, 2.24) is 24.8 Å². The van der Waals surface area contributed by atoms with Crippen LogP contribution in [-0.2, 0) is 22.3 Å². The third-order valence-electron chi connectivity index (χ3n) is 8.71. The Balaban J connectivity index is 1.39. The fourth-order valence-electron chi connectivity index (χ4n) is 6.10. The third-order valence-corrected chi connectivity index (χ3v) is 9.89. The number of rotatable bonds is 11. The second-order valence-electron chi connectivity index (χ2n) is 11.9. The molecule has 15 heteroatoms. The number of likely N-dealkylation sites (N-methyl/N-ethyl adjacent to an activating group) is 1. The van der Waals surface area contributed by atoms with Gasteiger partial charge in [0.1, 0.15) is 6.33 Å². The molecule has 2 aliphatic rings. The molecule has 2 saturated heterocycles. The number of ether oxygens (including phenoxy) is 1. The number of alkyl halides is 3. The summed E-state index contributed by atoms with van der Waals surface area (Å²) in [6.45, 7) is 8.44. The summed E-state index contributed by atoms with van der Waals surface area (Å²) in [5.74, 6) is -0.850. The average Bonchev–Trinajstić information content (AvgIpc) is 3.73. The van der Waals surface area contributed by atoms with E-state index in [-0.39, 0.29) is 40.7 Å². The Hall–Kier alpha value is -3.07. The number of likely N-dealkylation sites (tertiary alicyclic amines) is 1. The van der Waals surface area contributed by atoms with Crippen LogP contribution in [0.1, 0.15) is 56.9 Å². The second kappa shape index (κ2) is 14.4. The van der Waals surface area contributed by atoms with Gasteiger partial charge in [-0.3, -0.25) is 9.69 Å². The second-order valence-corrected chi connectivity index (χ2v) is 13.4. The summed E-state index contributed by atoms with van der Waals surface area (Å²) in [6, 6.07) is 4.08. The molecule has 4 heterocycles. The number of thiazole rings is 1. The van der Waals surface area contributed by atoms with Crippen LogP contribution in [0, 0.1) is 5.82 Å². The number of hydrogen-bond donors (Lipinski definition) is 1. The van der Waals surface area contributed by atoms with Crippen molar-refractivity contribution < 1.29 is 27.1 Å². The summed E-state index contributed by atoms with van der Waals surface area (Å²) in [7, 11) is 1.93. The molecule has 1 aromatic carbocycles. The van der Waals surface area contributed by atoms with E-state index in [4.69, 9.17) is 16.3 Å². The van der Waals surface area contributed by atoms with Gasteiger partial charge in [0.15, 0.2) is 16.8 Å².